The Bertz CT molecular complexity index is 546. The van der Waals surface area contributed by atoms with Crippen molar-refractivity contribution in [3.63, 3.8) is 0 Å². The molecule has 0 N–H and O–H groups in total. The van der Waals surface area contributed by atoms with Gasteiger partial charge in [-0.05, 0) is 28.1 Å². The van der Waals surface area contributed by atoms with Crippen molar-refractivity contribution < 1.29 is 30.7 Å². The van der Waals surface area contributed by atoms with Gasteiger partial charge in [0.05, 0.1) is 4.47 Å². The zero-order valence-corrected chi connectivity index (χ0v) is 11.4. The maximum absolute atomic E-state index is 12.7. The summed E-state index contributed by atoms with van der Waals surface area (Å²) < 4.78 is 74.2. The molecule has 0 amide bonds. The molecule has 0 heterocycles. The highest BCUT2D eigenvalue weighted by Crippen LogP contribution is 2.36. The van der Waals surface area contributed by atoms with Crippen LogP contribution in [0.5, 0.6) is 5.75 Å². The summed E-state index contributed by atoms with van der Waals surface area (Å²) in [5, 5.41) is 0. The average Bonchev–Trinajstić information content (AvgIpc) is 2.17. The first-order valence-electron chi connectivity index (χ1n) is 4.14. The van der Waals surface area contributed by atoms with Gasteiger partial charge in [-0.3, -0.25) is 0 Å². The van der Waals surface area contributed by atoms with Gasteiger partial charge >= 0.3 is 12.5 Å². The molecule has 3 nitrogen and oxygen atoms in total. The van der Waals surface area contributed by atoms with Crippen LogP contribution in [-0.2, 0) is 9.05 Å². The summed E-state index contributed by atoms with van der Waals surface area (Å²) in [5.41, 5.74) is 0. The van der Waals surface area contributed by atoms with Crippen LogP contribution in [0.3, 0.4) is 0 Å². The molecule has 0 aliphatic rings. The summed E-state index contributed by atoms with van der Waals surface area (Å²) in [5.74, 6) is -0.624. The zero-order valence-electron chi connectivity index (χ0n) is 8.21. The Labute approximate surface area is 112 Å². The first-order chi connectivity index (χ1) is 8.03. The van der Waals surface area contributed by atoms with Crippen molar-refractivity contribution in [3.8, 4) is 5.75 Å². The highest BCUT2D eigenvalue weighted by molar-refractivity contribution is 9.10. The van der Waals surface area contributed by atoms with Crippen LogP contribution < -0.4 is 4.74 Å². The molecule has 0 spiro atoms. The van der Waals surface area contributed by atoms with E-state index in [0.717, 1.165) is 18.2 Å². The minimum atomic E-state index is -5.21. The van der Waals surface area contributed by atoms with Gasteiger partial charge in [0.25, 0.3) is 9.05 Å². The minimum Gasteiger partial charge on any atom is -0.451 e. The number of ether oxygens (including phenoxy) is 1. The first kappa shape index (κ1) is 15.5. The molecule has 1 atom stereocenters. The van der Waals surface area contributed by atoms with Crippen molar-refractivity contribution in [2.24, 2.45) is 0 Å². The Morgan fingerprint density at radius 1 is 1.33 bits per heavy atom. The van der Waals surface area contributed by atoms with E-state index in [1.807, 2.05) is 0 Å². The summed E-state index contributed by atoms with van der Waals surface area (Å²) in [7, 11) is 0.847. The number of benzene rings is 1. The molecule has 0 aliphatic heterocycles. The molecule has 18 heavy (non-hydrogen) atoms. The van der Waals surface area contributed by atoms with Crippen LogP contribution in [0, 0.1) is 0 Å². The highest BCUT2D eigenvalue weighted by Gasteiger charge is 2.43. The number of alkyl halides is 4. The molecule has 102 valence electrons. The third-order valence-corrected chi connectivity index (χ3v) is 4.12. The van der Waals surface area contributed by atoms with Crippen molar-refractivity contribution in [2.75, 3.05) is 0 Å². The molecule has 0 aromatic heterocycles. The predicted octanol–water partition coefficient (Wildman–Crippen LogP) is 3.61. The number of hydrogen-bond acceptors (Lipinski definition) is 3. The molecule has 1 rings (SSSR count). The molecule has 0 fully saturated rings. The highest BCUT2D eigenvalue weighted by atomic mass is 79.9. The lowest BCUT2D eigenvalue weighted by Gasteiger charge is -2.15. The van der Waals surface area contributed by atoms with Crippen LogP contribution in [0.1, 0.15) is 0 Å². The van der Waals surface area contributed by atoms with Gasteiger partial charge in [0.2, 0.25) is 0 Å². The first-order valence-corrected chi connectivity index (χ1v) is 7.24. The third kappa shape index (κ3) is 3.72. The van der Waals surface area contributed by atoms with Gasteiger partial charge in [-0.1, -0.05) is 6.07 Å². The molecule has 0 bridgehead atoms. The van der Waals surface area contributed by atoms with Crippen molar-refractivity contribution in [3.05, 3.63) is 22.7 Å². The van der Waals surface area contributed by atoms with E-state index in [4.69, 9.17) is 10.7 Å². The Morgan fingerprint density at radius 2 is 1.89 bits per heavy atom. The molecule has 0 aliphatic carbocycles. The van der Waals surface area contributed by atoms with Crippen molar-refractivity contribution in [1.82, 2.24) is 0 Å². The molecular weight excluding hydrogens is 368 g/mol. The molecule has 10 heteroatoms. The lowest BCUT2D eigenvalue weighted by atomic mass is 10.3. The van der Waals surface area contributed by atoms with Crippen molar-refractivity contribution >= 4 is 35.7 Å². The number of hydrogen-bond donors (Lipinski definition) is 0. The SMILES string of the molecule is O=S(=O)(Cl)c1cccc(OC(F)C(F)(F)F)c1Br. The molecule has 1 aromatic carbocycles. The second-order valence-corrected chi connectivity index (χ2v) is 6.31. The molecule has 0 saturated heterocycles. The fraction of sp³-hybridized carbons (Fsp3) is 0.250. The van der Waals surface area contributed by atoms with E-state index in [0.29, 0.717) is 0 Å². The maximum atomic E-state index is 12.7. The van der Waals surface area contributed by atoms with E-state index < -0.39 is 32.2 Å². The lowest BCUT2D eigenvalue weighted by molar-refractivity contribution is -0.236. The van der Waals surface area contributed by atoms with Gasteiger partial charge in [-0.15, -0.1) is 0 Å². The lowest BCUT2D eigenvalue weighted by Crippen LogP contribution is -2.30. The van der Waals surface area contributed by atoms with Gasteiger partial charge in [0, 0.05) is 10.7 Å². The van der Waals surface area contributed by atoms with Crippen LogP contribution >= 0.6 is 26.6 Å². The van der Waals surface area contributed by atoms with E-state index in [-0.39, 0.29) is 4.47 Å². The maximum Gasteiger partial charge on any atom is 0.457 e. The molecule has 1 unspecified atom stereocenters. The van der Waals surface area contributed by atoms with E-state index in [9.17, 15) is 26.0 Å². The largest absolute Gasteiger partial charge is 0.457 e. The van der Waals surface area contributed by atoms with Crippen LogP contribution in [0.2, 0.25) is 0 Å². The van der Waals surface area contributed by atoms with E-state index in [1.54, 1.807) is 0 Å². The van der Waals surface area contributed by atoms with Gasteiger partial charge in [-0.2, -0.15) is 17.6 Å². The zero-order chi connectivity index (χ0) is 14.1. The molecular formula is C8H4BrClF4O3S. The smallest absolute Gasteiger partial charge is 0.451 e. The van der Waals surface area contributed by atoms with Crippen LogP contribution in [-0.4, -0.2) is 21.0 Å². The van der Waals surface area contributed by atoms with Gasteiger partial charge < -0.3 is 4.74 Å². The monoisotopic (exact) mass is 370 g/mol. The average molecular weight is 372 g/mol. The van der Waals surface area contributed by atoms with E-state index in [1.165, 1.54) is 0 Å². The standard InChI is InChI=1S/C8H4BrClF4O3S/c9-6-4(17-7(11)8(12,13)14)2-1-3-5(6)18(10,15)16/h1-3,7H. The summed E-state index contributed by atoms with van der Waals surface area (Å²) in [6, 6.07) is 3.06. The van der Waals surface area contributed by atoms with Gasteiger partial charge in [0.1, 0.15) is 10.6 Å². The second kappa shape index (κ2) is 5.22. The Kier molecular flexibility index (Phi) is 4.50. The van der Waals surface area contributed by atoms with Crippen LogP contribution in [0.15, 0.2) is 27.6 Å². The van der Waals surface area contributed by atoms with Gasteiger partial charge in [0.15, 0.2) is 0 Å². The summed E-state index contributed by atoms with van der Waals surface area (Å²) >= 11 is 2.69. The Morgan fingerprint density at radius 3 is 2.33 bits per heavy atom. The van der Waals surface area contributed by atoms with Crippen LogP contribution in [0.25, 0.3) is 0 Å². The quantitative estimate of drug-likeness (QED) is 0.602. The fourth-order valence-corrected chi connectivity index (χ4v) is 3.17. The topological polar surface area (TPSA) is 43.4 Å². The number of rotatable bonds is 3. The normalized spacial score (nSPS) is 14.3. The van der Waals surface area contributed by atoms with E-state index >= 15 is 0 Å². The van der Waals surface area contributed by atoms with Crippen molar-refractivity contribution in [1.29, 1.82) is 0 Å². The minimum absolute atomic E-state index is 0.383. The van der Waals surface area contributed by atoms with E-state index in [2.05, 4.69) is 20.7 Å². The third-order valence-electron chi connectivity index (χ3n) is 1.68. The Hall–Kier alpha value is -0.540. The predicted molar refractivity (Wildman–Crippen MR) is 58.8 cm³/mol. The second-order valence-electron chi connectivity index (χ2n) is 2.98. The summed E-state index contributed by atoms with van der Waals surface area (Å²) in [6.45, 7) is 0. The Balaban J connectivity index is 3.14. The summed E-state index contributed by atoms with van der Waals surface area (Å²) in [4.78, 5) is -0.518. The molecule has 0 radical (unpaired) electrons. The summed E-state index contributed by atoms with van der Waals surface area (Å²) in [6.07, 6.45) is -8.78. The fourth-order valence-electron chi connectivity index (χ4n) is 0.948. The number of halogens is 6. The van der Waals surface area contributed by atoms with Crippen LogP contribution in [0.4, 0.5) is 17.6 Å². The molecule has 0 saturated carbocycles. The van der Waals surface area contributed by atoms with Gasteiger partial charge in [-0.25, -0.2) is 8.42 Å². The molecule has 1 aromatic rings. The van der Waals surface area contributed by atoms with Crippen molar-refractivity contribution in [2.45, 2.75) is 17.4 Å².